The van der Waals surface area contributed by atoms with Crippen LogP contribution in [-0.4, -0.2) is 29.6 Å². The van der Waals surface area contributed by atoms with Crippen LogP contribution in [0, 0.1) is 0 Å². The van der Waals surface area contributed by atoms with Gasteiger partial charge in [-0.05, 0) is 24.6 Å². The fourth-order valence-electron chi connectivity index (χ4n) is 1.31. The minimum absolute atomic E-state index is 0.287. The zero-order valence-corrected chi connectivity index (χ0v) is 12.5. The summed E-state index contributed by atoms with van der Waals surface area (Å²) in [5, 5.41) is 11.5. The van der Waals surface area contributed by atoms with Gasteiger partial charge in [0.25, 0.3) is 5.91 Å². The van der Waals surface area contributed by atoms with Crippen LogP contribution in [0.5, 0.6) is 5.75 Å². The molecule has 0 aliphatic heterocycles. The molecular weight excluding hydrogens is 337 g/mol. The summed E-state index contributed by atoms with van der Waals surface area (Å²) >= 11 is 9.17. The third-order valence-corrected chi connectivity index (χ3v) is 3.08. The Bertz CT molecular complexity index is 481. The Kier molecular flexibility index (Phi) is 6.11. The number of carboxylic acids is 1. The zero-order chi connectivity index (χ0) is 14.4. The number of amides is 1. The molecule has 2 N–H and O–H groups in total. The second kappa shape index (κ2) is 7.35. The molecule has 1 unspecified atom stereocenters. The van der Waals surface area contributed by atoms with E-state index >= 15 is 0 Å². The van der Waals surface area contributed by atoms with E-state index in [9.17, 15) is 9.59 Å². The van der Waals surface area contributed by atoms with Crippen LogP contribution in [0.15, 0.2) is 22.7 Å². The van der Waals surface area contributed by atoms with Crippen LogP contribution in [0.1, 0.15) is 13.3 Å². The van der Waals surface area contributed by atoms with E-state index in [0.717, 1.165) is 4.47 Å². The molecule has 0 heterocycles. The second-order valence-electron chi connectivity index (χ2n) is 3.73. The molecule has 19 heavy (non-hydrogen) atoms. The monoisotopic (exact) mass is 349 g/mol. The van der Waals surface area contributed by atoms with Crippen molar-refractivity contribution in [3.05, 3.63) is 27.7 Å². The van der Waals surface area contributed by atoms with Gasteiger partial charge in [-0.15, -0.1) is 0 Å². The van der Waals surface area contributed by atoms with Gasteiger partial charge in [0.15, 0.2) is 6.61 Å². The molecule has 1 atom stereocenters. The standard InChI is InChI=1S/C12H13BrClNO4/c1-2-9(12(17)18)15-11(16)6-19-10-4-3-7(13)5-8(10)14/h3-5,9H,2,6H2,1H3,(H,15,16)(H,17,18). The number of halogens is 2. The first kappa shape index (κ1) is 15.8. The maximum Gasteiger partial charge on any atom is 0.326 e. The number of nitrogens with one attached hydrogen (secondary N) is 1. The van der Waals surface area contributed by atoms with Gasteiger partial charge in [-0.3, -0.25) is 4.79 Å². The lowest BCUT2D eigenvalue weighted by Gasteiger charge is -2.13. The van der Waals surface area contributed by atoms with Crippen molar-refractivity contribution in [3.8, 4) is 5.75 Å². The molecule has 1 aromatic carbocycles. The average molecular weight is 351 g/mol. The van der Waals surface area contributed by atoms with Crippen molar-refractivity contribution in [1.29, 1.82) is 0 Å². The van der Waals surface area contributed by atoms with Crippen molar-refractivity contribution >= 4 is 39.4 Å². The van der Waals surface area contributed by atoms with E-state index in [0.29, 0.717) is 17.2 Å². The van der Waals surface area contributed by atoms with Gasteiger partial charge in [0.05, 0.1) is 5.02 Å². The number of aliphatic carboxylic acids is 1. The molecule has 1 aromatic rings. The molecule has 7 heteroatoms. The molecule has 104 valence electrons. The van der Waals surface area contributed by atoms with Crippen LogP contribution in [0.2, 0.25) is 5.02 Å². The van der Waals surface area contributed by atoms with Gasteiger partial charge < -0.3 is 15.2 Å². The quantitative estimate of drug-likeness (QED) is 0.826. The highest BCUT2D eigenvalue weighted by atomic mass is 79.9. The molecule has 0 aliphatic rings. The molecule has 5 nitrogen and oxygen atoms in total. The van der Waals surface area contributed by atoms with Crippen molar-refractivity contribution in [2.75, 3.05) is 6.61 Å². The summed E-state index contributed by atoms with van der Waals surface area (Å²) in [7, 11) is 0. The van der Waals surface area contributed by atoms with E-state index in [-0.39, 0.29) is 6.61 Å². The molecule has 0 saturated carbocycles. The van der Waals surface area contributed by atoms with Gasteiger partial charge in [-0.25, -0.2) is 4.79 Å². The first-order valence-electron chi connectivity index (χ1n) is 5.54. The number of carbonyl (C=O) groups excluding carboxylic acids is 1. The van der Waals surface area contributed by atoms with Crippen LogP contribution >= 0.6 is 27.5 Å². The lowest BCUT2D eigenvalue weighted by atomic mass is 10.2. The highest BCUT2D eigenvalue weighted by Crippen LogP contribution is 2.27. The SMILES string of the molecule is CCC(NC(=O)COc1ccc(Br)cc1Cl)C(=O)O. The minimum Gasteiger partial charge on any atom is -0.482 e. The smallest absolute Gasteiger partial charge is 0.326 e. The third kappa shape index (κ3) is 5.08. The normalized spacial score (nSPS) is 11.7. The highest BCUT2D eigenvalue weighted by molar-refractivity contribution is 9.10. The van der Waals surface area contributed by atoms with Crippen molar-refractivity contribution in [2.24, 2.45) is 0 Å². The number of hydrogen-bond acceptors (Lipinski definition) is 3. The van der Waals surface area contributed by atoms with Gasteiger partial charge >= 0.3 is 5.97 Å². The first-order chi connectivity index (χ1) is 8.93. The van der Waals surface area contributed by atoms with Gasteiger partial charge in [-0.2, -0.15) is 0 Å². The Balaban J connectivity index is 2.52. The number of carboxylic acid groups (broad SMARTS) is 1. The van der Waals surface area contributed by atoms with Crippen molar-refractivity contribution in [3.63, 3.8) is 0 Å². The Morgan fingerprint density at radius 2 is 2.21 bits per heavy atom. The van der Waals surface area contributed by atoms with Crippen LogP contribution in [0.4, 0.5) is 0 Å². The van der Waals surface area contributed by atoms with E-state index in [4.69, 9.17) is 21.4 Å². The predicted octanol–water partition coefficient (Wildman–Crippen LogP) is 2.46. The van der Waals surface area contributed by atoms with Crippen molar-refractivity contribution in [2.45, 2.75) is 19.4 Å². The highest BCUT2D eigenvalue weighted by Gasteiger charge is 2.17. The number of ether oxygens (including phenoxy) is 1. The van der Waals surface area contributed by atoms with E-state index in [1.165, 1.54) is 0 Å². The molecule has 0 saturated heterocycles. The summed E-state index contributed by atoms with van der Waals surface area (Å²) < 4.78 is 6.02. The fraction of sp³-hybridized carbons (Fsp3) is 0.333. The summed E-state index contributed by atoms with van der Waals surface area (Å²) in [5.74, 6) is -1.21. The topological polar surface area (TPSA) is 75.6 Å². The van der Waals surface area contributed by atoms with Gasteiger partial charge in [0.1, 0.15) is 11.8 Å². The molecule has 0 aromatic heterocycles. The molecular formula is C12H13BrClNO4. The van der Waals surface area contributed by atoms with E-state index in [1.807, 2.05) is 0 Å². The van der Waals surface area contributed by atoms with Crippen molar-refractivity contribution in [1.82, 2.24) is 5.32 Å². The van der Waals surface area contributed by atoms with E-state index in [2.05, 4.69) is 21.2 Å². The van der Waals surface area contributed by atoms with Crippen LogP contribution in [0.25, 0.3) is 0 Å². The minimum atomic E-state index is -1.07. The third-order valence-electron chi connectivity index (χ3n) is 2.29. The van der Waals surface area contributed by atoms with Gasteiger partial charge in [0, 0.05) is 4.47 Å². The molecule has 0 fully saturated rings. The predicted molar refractivity (Wildman–Crippen MR) is 74.5 cm³/mol. The van der Waals surface area contributed by atoms with Crippen molar-refractivity contribution < 1.29 is 19.4 Å². The summed E-state index contributed by atoms with van der Waals surface area (Å²) in [5.41, 5.74) is 0. The van der Waals surface area contributed by atoms with Crippen LogP contribution in [0.3, 0.4) is 0 Å². The number of hydrogen-bond donors (Lipinski definition) is 2. The first-order valence-corrected chi connectivity index (χ1v) is 6.71. The van der Waals surface area contributed by atoms with Crippen LogP contribution < -0.4 is 10.1 Å². The molecule has 1 amide bonds. The largest absolute Gasteiger partial charge is 0.482 e. The Labute approximate surface area is 124 Å². The lowest BCUT2D eigenvalue weighted by Crippen LogP contribution is -2.42. The summed E-state index contributed by atoms with van der Waals surface area (Å²) in [4.78, 5) is 22.3. The maximum absolute atomic E-state index is 11.5. The number of benzene rings is 1. The Morgan fingerprint density at radius 1 is 1.53 bits per heavy atom. The van der Waals surface area contributed by atoms with Gasteiger partial charge in [0.2, 0.25) is 0 Å². The second-order valence-corrected chi connectivity index (χ2v) is 5.05. The lowest BCUT2D eigenvalue weighted by molar-refractivity contribution is -0.142. The van der Waals surface area contributed by atoms with E-state index in [1.54, 1.807) is 25.1 Å². The van der Waals surface area contributed by atoms with Gasteiger partial charge in [-0.1, -0.05) is 34.5 Å². The Hall–Kier alpha value is -1.27. The number of carbonyl (C=O) groups is 2. The maximum atomic E-state index is 11.5. The summed E-state index contributed by atoms with van der Waals surface area (Å²) in [6.07, 6.45) is 0.306. The molecule has 0 spiro atoms. The average Bonchev–Trinajstić information content (AvgIpc) is 2.34. The van der Waals surface area contributed by atoms with E-state index < -0.39 is 17.9 Å². The summed E-state index contributed by atoms with van der Waals surface area (Å²) in [6.45, 7) is 1.39. The summed E-state index contributed by atoms with van der Waals surface area (Å²) in [6, 6.07) is 4.08. The molecule has 0 bridgehead atoms. The fourth-order valence-corrected chi connectivity index (χ4v) is 2.04. The zero-order valence-electron chi connectivity index (χ0n) is 10.2. The molecule has 0 radical (unpaired) electrons. The molecule has 0 aliphatic carbocycles. The molecule has 1 rings (SSSR count). The Morgan fingerprint density at radius 3 is 2.74 bits per heavy atom. The van der Waals surface area contributed by atoms with Crippen LogP contribution in [-0.2, 0) is 9.59 Å². The number of rotatable bonds is 6.